The highest BCUT2D eigenvalue weighted by Gasteiger charge is 1.95. The molecule has 0 saturated heterocycles. The fourth-order valence-corrected chi connectivity index (χ4v) is 0.987. The Morgan fingerprint density at radius 2 is 2.20 bits per heavy atom. The van der Waals surface area contributed by atoms with Gasteiger partial charge in [0.25, 0.3) is 0 Å². The van der Waals surface area contributed by atoms with Crippen LogP contribution in [0.25, 0.3) is 6.08 Å². The van der Waals surface area contributed by atoms with Gasteiger partial charge in [-0.3, -0.25) is 9.78 Å². The van der Waals surface area contributed by atoms with Crippen LogP contribution in [-0.4, -0.2) is 23.8 Å². The van der Waals surface area contributed by atoms with Gasteiger partial charge in [-0.15, -0.1) is 0 Å². The second-order valence-corrected chi connectivity index (χ2v) is 2.75. The summed E-state index contributed by atoms with van der Waals surface area (Å²) in [6, 6.07) is 1.63. The van der Waals surface area contributed by atoms with Crippen molar-refractivity contribution in [2.75, 3.05) is 6.61 Å². The molecule has 0 amide bonds. The van der Waals surface area contributed by atoms with Crippen LogP contribution >= 0.6 is 0 Å². The van der Waals surface area contributed by atoms with Gasteiger partial charge in [0.2, 0.25) is 0 Å². The number of rotatable bonds is 4. The molecule has 0 fully saturated rings. The Kier molecular flexibility index (Phi) is 4.22. The summed E-state index contributed by atoms with van der Waals surface area (Å²) < 4.78 is 4.70. The number of carbonyl (C=O) groups excluding carboxylic acids is 2. The zero-order chi connectivity index (χ0) is 11.1. The molecule has 15 heavy (non-hydrogen) atoms. The van der Waals surface area contributed by atoms with E-state index in [1.807, 2.05) is 0 Å². The van der Waals surface area contributed by atoms with Crippen LogP contribution in [0.15, 0.2) is 24.5 Å². The molecule has 0 aliphatic heterocycles. The largest absolute Gasteiger partial charge is 0.463 e. The standard InChI is InChI=1S/C11H11NO3/c1-2-15-11(14)4-3-9-5-10(8-13)7-12-6-9/h3-8H,2H2,1H3. The summed E-state index contributed by atoms with van der Waals surface area (Å²) in [5.41, 5.74) is 1.16. The van der Waals surface area contributed by atoms with Crippen LogP contribution in [0.1, 0.15) is 22.8 Å². The molecule has 0 unspecified atom stereocenters. The average molecular weight is 205 g/mol. The first-order valence-electron chi connectivity index (χ1n) is 4.51. The fourth-order valence-electron chi connectivity index (χ4n) is 0.987. The Balaban J connectivity index is 2.71. The number of hydrogen-bond donors (Lipinski definition) is 0. The highest BCUT2D eigenvalue weighted by molar-refractivity contribution is 5.87. The molecular weight excluding hydrogens is 194 g/mol. The number of carbonyl (C=O) groups is 2. The first-order valence-corrected chi connectivity index (χ1v) is 4.51. The van der Waals surface area contributed by atoms with Crippen LogP contribution < -0.4 is 0 Å². The van der Waals surface area contributed by atoms with Gasteiger partial charge in [0.1, 0.15) is 0 Å². The lowest BCUT2D eigenvalue weighted by Gasteiger charge is -1.95. The van der Waals surface area contributed by atoms with Gasteiger partial charge in [0.15, 0.2) is 6.29 Å². The smallest absolute Gasteiger partial charge is 0.330 e. The summed E-state index contributed by atoms with van der Waals surface area (Å²) in [7, 11) is 0. The number of aldehydes is 1. The van der Waals surface area contributed by atoms with Gasteiger partial charge in [-0.2, -0.15) is 0 Å². The van der Waals surface area contributed by atoms with Crippen molar-refractivity contribution in [1.29, 1.82) is 0 Å². The highest BCUT2D eigenvalue weighted by Crippen LogP contribution is 2.02. The minimum atomic E-state index is -0.408. The molecule has 0 spiro atoms. The van der Waals surface area contributed by atoms with Crippen molar-refractivity contribution < 1.29 is 14.3 Å². The van der Waals surface area contributed by atoms with Gasteiger partial charge in [-0.05, 0) is 24.6 Å². The predicted molar refractivity (Wildman–Crippen MR) is 55.3 cm³/mol. The highest BCUT2D eigenvalue weighted by atomic mass is 16.5. The summed E-state index contributed by atoms with van der Waals surface area (Å²) in [5.74, 6) is -0.408. The minimum absolute atomic E-state index is 0.343. The minimum Gasteiger partial charge on any atom is -0.463 e. The molecule has 0 saturated carbocycles. The molecule has 0 aliphatic rings. The first-order chi connectivity index (χ1) is 7.26. The molecule has 0 radical (unpaired) electrons. The van der Waals surface area contributed by atoms with Crippen molar-refractivity contribution >= 4 is 18.3 Å². The van der Waals surface area contributed by atoms with E-state index in [4.69, 9.17) is 4.74 Å². The lowest BCUT2D eigenvalue weighted by molar-refractivity contribution is -0.137. The van der Waals surface area contributed by atoms with Crippen LogP contribution in [0.4, 0.5) is 0 Å². The van der Waals surface area contributed by atoms with Crippen LogP contribution in [0.2, 0.25) is 0 Å². The Labute approximate surface area is 87.6 Å². The van der Waals surface area contributed by atoms with E-state index in [2.05, 4.69) is 4.98 Å². The van der Waals surface area contributed by atoms with E-state index in [0.717, 1.165) is 0 Å². The van der Waals surface area contributed by atoms with Crippen molar-refractivity contribution in [1.82, 2.24) is 4.98 Å². The quantitative estimate of drug-likeness (QED) is 0.424. The molecule has 1 heterocycles. The first kappa shape index (κ1) is 11.1. The monoisotopic (exact) mass is 205 g/mol. The molecule has 4 nitrogen and oxygen atoms in total. The maximum Gasteiger partial charge on any atom is 0.330 e. The van der Waals surface area contributed by atoms with Crippen molar-refractivity contribution in [2.45, 2.75) is 6.92 Å². The van der Waals surface area contributed by atoms with E-state index < -0.39 is 5.97 Å². The maximum absolute atomic E-state index is 11.0. The second kappa shape index (κ2) is 5.70. The number of hydrogen-bond acceptors (Lipinski definition) is 4. The molecule has 1 aromatic heterocycles. The predicted octanol–water partition coefficient (Wildman–Crippen LogP) is 1.47. The molecule has 0 bridgehead atoms. The summed E-state index contributed by atoms with van der Waals surface area (Å²) in [4.78, 5) is 25.3. The normalized spacial score (nSPS) is 10.2. The third-order valence-corrected chi connectivity index (χ3v) is 1.62. The molecule has 0 aromatic carbocycles. The molecule has 4 heteroatoms. The van der Waals surface area contributed by atoms with Gasteiger partial charge in [-0.1, -0.05) is 0 Å². The summed E-state index contributed by atoms with van der Waals surface area (Å²) >= 11 is 0. The molecule has 78 valence electrons. The van der Waals surface area contributed by atoms with Crippen LogP contribution in [0.3, 0.4) is 0 Å². The molecule has 0 N–H and O–H groups in total. The van der Waals surface area contributed by atoms with Gasteiger partial charge < -0.3 is 4.74 Å². The van der Waals surface area contributed by atoms with Gasteiger partial charge in [-0.25, -0.2) is 4.79 Å². The Bertz CT molecular complexity index is 385. The lowest BCUT2D eigenvalue weighted by atomic mass is 10.2. The number of pyridine rings is 1. The van der Waals surface area contributed by atoms with Crippen LogP contribution in [0.5, 0.6) is 0 Å². The molecule has 0 atom stereocenters. The van der Waals surface area contributed by atoms with Crippen LogP contribution in [-0.2, 0) is 9.53 Å². The van der Waals surface area contributed by atoms with Gasteiger partial charge in [0, 0.05) is 24.0 Å². The van der Waals surface area contributed by atoms with E-state index in [-0.39, 0.29) is 0 Å². The average Bonchev–Trinajstić information content (AvgIpc) is 2.27. The van der Waals surface area contributed by atoms with E-state index >= 15 is 0 Å². The fraction of sp³-hybridized carbons (Fsp3) is 0.182. The van der Waals surface area contributed by atoms with E-state index in [1.54, 1.807) is 25.3 Å². The Hall–Kier alpha value is -1.97. The van der Waals surface area contributed by atoms with Gasteiger partial charge >= 0.3 is 5.97 Å². The second-order valence-electron chi connectivity index (χ2n) is 2.75. The van der Waals surface area contributed by atoms with Crippen LogP contribution in [0, 0.1) is 0 Å². The number of ether oxygens (including phenoxy) is 1. The topological polar surface area (TPSA) is 56.3 Å². The van der Waals surface area contributed by atoms with Crippen molar-refractivity contribution in [2.24, 2.45) is 0 Å². The van der Waals surface area contributed by atoms with E-state index in [9.17, 15) is 9.59 Å². The number of aromatic nitrogens is 1. The molecule has 0 aliphatic carbocycles. The Morgan fingerprint density at radius 1 is 1.47 bits per heavy atom. The third kappa shape index (κ3) is 3.72. The summed E-state index contributed by atoms with van der Waals surface area (Å²) in [5, 5.41) is 0. The number of nitrogens with zero attached hydrogens (tertiary/aromatic N) is 1. The van der Waals surface area contributed by atoms with Crippen molar-refractivity contribution in [3.05, 3.63) is 35.7 Å². The maximum atomic E-state index is 11.0. The molecule has 1 rings (SSSR count). The summed E-state index contributed by atoms with van der Waals surface area (Å²) in [6.07, 6.45) is 6.57. The molecular formula is C11H11NO3. The number of esters is 1. The lowest BCUT2D eigenvalue weighted by Crippen LogP contribution is -1.98. The van der Waals surface area contributed by atoms with E-state index in [1.165, 1.54) is 12.3 Å². The SMILES string of the molecule is CCOC(=O)C=Cc1cncc(C=O)c1. The van der Waals surface area contributed by atoms with E-state index in [0.29, 0.717) is 24.0 Å². The zero-order valence-corrected chi connectivity index (χ0v) is 8.34. The van der Waals surface area contributed by atoms with Gasteiger partial charge in [0.05, 0.1) is 6.61 Å². The summed E-state index contributed by atoms with van der Waals surface area (Å²) in [6.45, 7) is 2.08. The van der Waals surface area contributed by atoms with Crippen molar-refractivity contribution in [3.8, 4) is 0 Å². The van der Waals surface area contributed by atoms with Crippen molar-refractivity contribution in [3.63, 3.8) is 0 Å². The zero-order valence-electron chi connectivity index (χ0n) is 8.34. The Morgan fingerprint density at radius 3 is 2.87 bits per heavy atom. The molecule has 1 aromatic rings. The third-order valence-electron chi connectivity index (χ3n) is 1.62.